The smallest absolute Gasteiger partial charge is 0.252 e. The Kier molecular flexibility index (Phi) is 14.3. The molecule has 0 aliphatic carbocycles. The molecule has 2 aromatic carbocycles. The van der Waals surface area contributed by atoms with Crippen molar-refractivity contribution >= 4 is 45.4 Å². The highest BCUT2D eigenvalue weighted by Gasteiger charge is 2.15. The molecule has 0 radical (unpaired) electrons. The third-order valence-electron chi connectivity index (χ3n) is 6.63. The molecule has 1 amide bonds. The highest BCUT2D eigenvalue weighted by Crippen LogP contribution is 2.23. The van der Waals surface area contributed by atoms with Crippen molar-refractivity contribution in [2.75, 3.05) is 13.1 Å². The molecule has 0 saturated heterocycles. The summed E-state index contributed by atoms with van der Waals surface area (Å²) in [5.74, 6) is 0.00346. The van der Waals surface area contributed by atoms with E-state index in [1.54, 1.807) is 23.5 Å². The lowest BCUT2D eigenvalue weighted by atomic mass is 9.87. The molecule has 7 heteroatoms. The minimum Gasteiger partial charge on any atom is -0.352 e. The van der Waals surface area contributed by atoms with E-state index in [4.69, 9.17) is 17.3 Å². The van der Waals surface area contributed by atoms with E-state index in [0.29, 0.717) is 12.1 Å². The molecule has 4 aromatic rings. The van der Waals surface area contributed by atoms with Crippen LogP contribution in [0.3, 0.4) is 0 Å². The van der Waals surface area contributed by atoms with Gasteiger partial charge in [0.1, 0.15) is 0 Å². The number of hydrogen-bond donors (Lipinski definition) is 2. The van der Waals surface area contributed by atoms with Crippen LogP contribution >= 0.6 is 34.3 Å². The van der Waals surface area contributed by atoms with Crippen LogP contribution in [0.15, 0.2) is 72.8 Å². The molecule has 2 aromatic heterocycles. The Balaban J connectivity index is 0.000000249. The van der Waals surface area contributed by atoms with Gasteiger partial charge in [0.2, 0.25) is 0 Å². The fraction of sp³-hybridized carbons (Fsp3) is 0.389. The van der Waals surface area contributed by atoms with Crippen LogP contribution in [0.4, 0.5) is 0 Å². The molecule has 0 aliphatic heterocycles. The molecule has 0 spiro atoms. The second-order valence-corrected chi connectivity index (χ2v) is 15.6. The van der Waals surface area contributed by atoms with Crippen molar-refractivity contribution in [2.45, 2.75) is 79.1 Å². The zero-order valence-corrected chi connectivity index (χ0v) is 29.2. The van der Waals surface area contributed by atoms with Crippen molar-refractivity contribution in [3.8, 4) is 0 Å². The lowest BCUT2D eigenvalue weighted by Gasteiger charge is -2.19. The molecule has 4 nitrogen and oxygen atoms in total. The summed E-state index contributed by atoms with van der Waals surface area (Å²) in [6, 6.07) is 23.8. The first-order chi connectivity index (χ1) is 20.1. The zero-order valence-electron chi connectivity index (χ0n) is 26.8. The number of nitrogens with two attached hydrogens (primary N) is 1. The molecule has 4 rings (SSSR count). The Morgan fingerprint density at radius 2 is 1.09 bits per heavy atom. The van der Waals surface area contributed by atoms with Crippen molar-refractivity contribution in [1.82, 2.24) is 5.32 Å². The quantitative estimate of drug-likeness (QED) is 0.198. The molecule has 0 fully saturated rings. The van der Waals surface area contributed by atoms with Gasteiger partial charge in [0.05, 0.1) is 0 Å². The summed E-state index contributed by atoms with van der Waals surface area (Å²) in [7, 11) is 0. The van der Waals surface area contributed by atoms with Crippen molar-refractivity contribution in [3.63, 3.8) is 0 Å². The maximum absolute atomic E-state index is 12.1. The van der Waals surface area contributed by atoms with E-state index in [0.717, 1.165) is 24.9 Å². The Bertz CT molecular complexity index is 1420. The van der Waals surface area contributed by atoms with Gasteiger partial charge < -0.3 is 11.1 Å². The zero-order chi connectivity index (χ0) is 32.2. The third-order valence-corrected chi connectivity index (χ3v) is 8.97. The Morgan fingerprint density at radius 3 is 1.44 bits per heavy atom. The average Bonchev–Trinajstić information content (AvgIpc) is 3.55. The third kappa shape index (κ3) is 13.2. The SMILES string of the molecule is CC(C)(C)c1ccc(C(=O)Cl)cc1.Cc1ccc(CCN)s1.Cc1ccc(CCNC(=O)c2ccc(C(C)(C)C)cc2)s1. The number of hydrogen-bond acceptors (Lipinski definition) is 5. The number of thiophene rings is 2. The first-order valence-electron chi connectivity index (χ1n) is 14.6. The van der Waals surface area contributed by atoms with Crippen molar-refractivity contribution in [1.29, 1.82) is 0 Å². The maximum Gasteiger partial charge on any atom is 0.252 e. The molecular weight excluding hydrogens is 592 g/mol. The minimum absolute atomic E-state index is 0.00346. The van der Waals surface area contributed by atoms with Gasteiger partial charge in [0, 0.05) is 37.2 Å². The van der Waals surface area contributed by atoms with E-state index in [2.05, 4.69) is 85.0 Å². The highest BCUT2D eigenvalue weighted by molar-refractivity contribution is 7.12. The average molecular weight is 639 g/mol. The van der Waals surface area contributed by atoms with Crippen LogP contribution in [0.2, 0.25) is 0 Å². The van der Waals surface area contributed by atoms with Gasteiger partial charge in [0.15, 0.2) is 0 Å². The van der Waals surface area contributed by atoms with Crippen molar-refractivity contribution in [2.24, 2.45) is 5.73 Å². The molecule has 0 atom stereocenters. The van der Waals surface area contributed by atoms with E-state index in [1.807, 2.05) is 47.7 Å². The van der Waals surface area contributed by atoms with E-state index in [9.17, 15) is 9.59 Å². The van der Waals surface area contributed by atoms with Crippen LogP contribution in [0.5, 0.6) is 0 Å². The monoisotopic (exact) mass is 638 g/mol. The molecule has 0 unspecified atom stereocenters. The second kappa shape index (κ2) is 16.9. The normalized spacial score (nSPS) is 11.1. The van der Waals surface area contributed by atoms with Crippen LogP contribution in [0, 0.1) is 13.8 Å². The number of aryl methyl sites for hydroxylation is 2. The van der Waals surface area contributed by atoms with Gasteiger partial charge >= 0.3 is 0 Å². The predicted molar refractivity (Wildman–Crippen MR) is 187 cm³/mol. The van der Waals surface area contributed by atoms with Crippen LogP contribution in [-0.2, 0) is 23.7 Å². The summed E-state index contributed by atoms with van der Waals surface area (Å²) in [6.07, 6.45) is 1.92. The Labute approximate surface area is 271 Å². The fourth-order valence-corrected chi connectivity index (χ4v) is 5.93. The molecule has 3 N–H and O–H groups in total. The summed E-state index contributed by atoms with van der Waals surface area (Å²) >= 11 is 8.95. The largest absolute Gasteiger partial charge is 0.352 e. The van der Waals surface area contributed by atoms with Gasteiger partial charge in [-0.05, 0) is 115 Å². The Morgan fingerprint density at radius 1 is 0.674 bits per heavy atom. The number of nitrogens with one attached hydrogen (secondary N) is 1. The first-order valence-corrected chi connectivity index (χ1v) is 16.6. The van der Waals surface area contributed by atoms with E-state index < -0.39 is 5.24 Å². The van der Waals surface area contributed by atoms with Gasteiger partial charge in [-0.2, -0.15) is 0 Å². The molecule has 0 saturated carbocycles. The number of rotatable bonds is 7. The number of benzene rings is 2. The number of carbonyl (C=O) groups excluding carboxylic acids is 2. The molecule has 232 valence electrons. The summed E-state index contributed by atoms with van der Waals surface area (Å²) in [5, 5.41) is 2.58. The second-order valence-electron chi connectivity index (χ2n) is 12.5. The van der Waals surface area contributed by atoms with Gasteiger partial charge in [0.25, 0.3) is 11.1 Å². The summed E-state index contributed by atoms with van der Waals surface area (Å²) in [4.78, 5) is 28.3. The van der Waals surface area contributed by atoms with Gasteiger partial charge in [-0.3, -0.25) is 9.59 Å². The van der Waals surface area contributed by atoms with Crippen LogP contribution < -0.4 is 11.1 Å². The first kappa shape index (κ1) is 36.4. The number of halogens is 1. The van der Waals surface area contributed by atoms with Crippen LogP contribution in [0.1, 0.15) is 92.9 Å². The standard InChI is InChI=1S/C18H23NOS.C11H13ClO.C7H11NS/c1-13-5-10-16(21-13)11-12-19-17(20)14-6-8-15(9-7-14)18(2,3)4;1-11(2,3)9-6-4-8(5-7-9)10(12)13;1-6-2-3-7(9-6)4-5-8/h5-10H,11-12H2,1-4H3,(H,19,20);4-7H,1-3H3;2-3H,4-5,8H2,1H3. The van der Waals surface area contributed by atoms with Crippen molar-refractivity contribution < 1.29 is 9.59 Å². The van der Waals surface area contributed by atoms with Gasteiger partial charge in [-0.25, -0.2) is 0 Å². The maximum atomic E-state index is 12.1. The molecule has 0 aliphatic rings. The summed E-state index contributed by atoms with van der Waals surface area (Å²) < 4.78 is 0. The fourth-order valence-electron chi connectivity index (χ4n) is 4.01. The van der Waals surface area contributed by atoms with Gasteiger partial charge in [-0.15, -0.1) is 22.7 Å². The van der Waals surface area contributed by atoms with E-state index >= 15 is 0 Å². The van der Waals surface area contributed by atoms with E-state index in [-0.39, 0.29) is 16.7 Å². The summed E-state index contributed by atoms with van der Waals surface area (Å²) in [5.41, 5.74) is 9.34. The lowest BCUT2D eigenvalue weighted by Crippen LogP contribution is -2.25. The van der Waals surface area contributed by atoms with Crippen LogP contribution in [0.25, 0.3) is 0 Å². The summed E-state index contributed by atoms with van der Waals surface area (Å²) in [6.45, 7) is 18.6. The van der Waals surface area contributed by atoms with Crippen molar-refractivity contribution in [3.05, 3.63) is 115 Å². The van der Waals surface area contributed by atoms with Gasteiger partial charge in [-0.1, -0.05) is 65.8 Å². The predicted octanol–water partition coefficient (Wildman–Crippen LogP) is 9.25. The van der Waals surface area contributed by atoms with Crippen LogP contribution in [-0.4, -0.2) is 24.2 Å². The van der Waals surface area contributed by atoms with E-state index in [1.165, 1.54) is 30.6 Å². The molecule has 43 heavy (non-hydrogen) atoms. The minimum atomic E-state index is -0.402. The number of amides is 1. The highest BCUT2D eigenvalue weighted by atomic mass is 35.5. The lowest BCUT2D eigenvalue weighted by molar-refractivity contribution is 0.0953. The molecule has 2 heterocycles. The Hall–Kier alpha value is -2.77. The number of carbonyl (C=O) groups is 2. The molecular formula is C36H47ClN2O2S2. The topological polar surface area (TPSA) is 72.2 Å². The molecule has 0 bridgehead atoms.